The number of amides is 2. The van der Waals surface area contributed by atoms with Crippen molar-refractivity contribution in [3.05, 3.63) is 92.9 Å². The molecule has 1 aliphatic carbocycles. The minimum Gasteiger partial charge on any atom is -0.326 e. The van der Waals surface area contributed by atoms with Crippen LogP contribution in [0.5, 0.6) is 0 Å². The minimum absolute atomic E-state index is 0.0749. The molecule has 1 heterocycles. The van der Waals surface area contributed by atoms with Crippen molar-refractivity contribution < 1.29 is 14.0 Å². The normalized spacial score (nSPS) is 18.0. The van der Waals surface area contributed by atoms with Crippen LogP contribution < -0.4 is 10.6 Å². The van der Waals surface area contributed by atoms with E-state index in [1.807, 2.05) is 0 Å². The third kappa shape index (κ3) is 5.42. The van der Waals surface area contributed by atoms with Crippen molar-refractivity contribution in [1.82, 2.24) is 4.98 Å². The Morgan fingerprint density at radius 2 is 1.69 bits per heavy atom. The summed E-state index contributed by atoms with van der Waals surface area (Å²) in [4.78, 5) is 29.3. The number of pyridine rings is 1. The summed E-state index contributed by atoms with van der Waals surface area (Å²) in [6.45, 7) is 3.50. The summed E-state index contributed by atoms with van der Waals surface area (Å²) in [7, 11) is 0. The maximum absolute atomic E-state index is 13.6. The van der Waals surface area contributed by atoms with Gasteiger partial charge in [0.05, 0.1) is 28.4 Å². The molecule has 1 saturated carbocycles. The number of aromatic nitrogens is 1. The fraction of sp³-hybridized carbons (Fsp3) is 0.125. The quantitative estimate of drug-likeness (QED) is 0.236. The third-order valence-electron chi connectivity index (χ3n) is 5.40. The first-order chi connectivity index (χ1) is 16.5. The topological polar surface area (TPSA) is 71.1 Å². The molecule has 1 aliphatic rings. The molecule has 11 heteroatoms. The Kier molecular flexibility index (Phi) is 7.32. The van der Waals surface area contributed by atoms with Crippen LogP contribution in [0.3, 0.4) is 0 Å². The van der Waals surface area contributed by atoms with E-state index < -0.39 is 33.9 Å². The molecule has 0 unspecified atom stereocenters. The average Bonchev–Trinajstić information content (AvgIpc) is 3.37. The van der Waals surface area contributed by atoms with Gasteiger partial charge in [-0.1, -0.05) is 47.5 Å². The van der Waals surface area contributed by atoms with E-state index in [9.17, 15) is 14.0 Å². The number of rotatable bonds is 6. The van der Waals surface area contributed by atoms with E-state index >= 15 is 0 Å². The lowest BCUT2D eigenvalue weighted by molar-refractivity contribution is -0.117. The van der Waals surface area contributed by atoms with Crippen molar-refractivity contribution in [2.45, 2.75) is 10.3 Å². The first kappa shape index (κ1) is 25.7. The maximum Gasteiger partial charge on any atom is 0.257 e. The zero-order valence-corrected chi connectivity index (χ0v) is 21.4. The van der Waals surface area contributed by atoms with Gasteiger partial charge in [-0.3, -0.25) is 9.59 Å². The summed E-state index contributed by atoms with van der Waals surface area (Å²) in [5, 5.41) is 6.23. The molecule has 2 amide bonds. The van der Waals surface area contributed by atoms with Crippen molar-refractivity contribution in [2.75, 3.05) is 10.6 Å². The summed E-state index contributed by atoms with van der Waals surface area (Å²) in [6, 6.07) is 10.6. The molecule has 2 aromatic carbocycles. The van der Waals surface area contributed by atoms with Crippen molar-refractivity contribution in [3.8, 4) is 0 Å². The highest BCUT2D eigenvalue weighted by molar-refractivity contribution is 6.53. The summed E-state index contributed by atoms with van der Waals surface area (Å²) in [5.41, 5.74) is 1.38. The molecule has 0 aliphatic heterocycles. The second-order valence-electron chi connectivity index (χ2n) is 7.78. The number of hydrogen-bond acceptors (Lipinski definition) is 3. The van der Waals surface area contributed by atoms with Crippen LogP contribution in [0.15, 0.2) is 55.2 Å². The molecule has 1 aromatic heterocycles. The number of carbonyl (C=O) groups is 2. The molecule has 0 spiro atoms. The van der Waals surface area contributed by atoms with Crippen LogP contribution in [0.4, 0.5) is 15.8 Å². The molecule has 2 N–H and O–H groups in total. The summed E-state index contributed by atoms with van der Waals surface area (Å²) in [5.74, 6) is -3.06. The van der Waals surface area contributed by atoms with Gasteiger partial charge in [0.15, 0.2) is 0 Å². The van der Waals surface area contributed by atoms with Gasteiger partial charge in [0.1, 0.15) is 4.33 Å². The molecule has 2 atom stereocenters. The molecular formula is C24H15Cl5FN3O2. The molecule has 4 rings (SSSR count). The smallest absolute Gasteiger partial charge is 0.257 e. The lowest BCUT2D eigenvalue weighted by Gasteiger charge is -2.11. The van der Waals surface area contributed by atoms with Crippen LogP contribution in [0.2, 0.25) is 15.1 Å². The van der Waals surface area contributed by atoms with Crippen molar-refractivity contribution in [2.24, 2.45) is 5.92 Å². The van der Waals surface area contributed by atoms with E-state index in [0.717, 1.165) is 6.20 Å². The summed E-state index contributed by atoms with van der Waals surface area (Å²) < 4.78 is 12.2. The molecule has 35 heavy (non-hydrogen) atoms. The molecule has 1 fully saturated rings. The number of benzene rings is 2. The average molecular weight is 574 g/mol. The summed E-state index contributed by atoms with van der Waals surface area (Å²) in [6.07, 6.45) is 2.44. The van der Waals surface area contributed by atoms with Gasteiger partial charge in [-0.05, 0) is 48.0 Å². The number of alkyl halides is 2. The number of hydrogen-bond donors (Lipinski definition) is 2. The van der Waals surface area contributed by atoms with Gasteiger partial charge in [-0.25, -0.2) is 4.98 Å². The number of nitrogens with zero attached hydrogens (tertiary/aromatic N) is 1. The highest BCUT2D eigenvalue weighted by Crippen LogP contribution is 2.65. The van der Waals surface area contributed by atoms with E-state index in [2.05, 4.69) is 22.2 Å². The van der Waals surface area contributed by atoms with Gasteiger partial charge in [0, 0.05) is 27.2 Å². The van der Waals surface area contributed by atoms with Gasteiger partial charge >= 0.3 is 0 Å². The van der Waals surface area contributed by atoms with E-state index in [1.54, 1.807) is 18.2 Å². The molecule has 5 nitrogen and oxygen atoms in total. The fourth-order valence-electron chi connectivity index (χ4n) is 3.69. The fourth-order valence-corrected chi connectivity index (χ4v) is 5.27. The summed E-state index contributed by atoms with van der Waals surface area (Å²) >= 11 is 31.1. The van der Waals surface area contributed by atoms with E-state index in [1.165, 1.54) is 30.3 Å². The molecule has 0 saturated heterocycles. The second kappa shape index (κ2) is 9.96. The van der Waals surface area contributed by atoms with Crippen molar-refractivity contribution in [1.29, 1.82) is 0 Å². The Balaban J connectivity index is 1.51. The van der Waals surface area contributed by atoms with Gasteiger partial charge in [0.2, 0.25) is 11.9 Å². The minimum atomic E-state index is -1.36. The standard InChI is InChI=1S/C24H15Cl5FN3O2/c1-2-11-7-16(10-31-21(11)30)33-22(34)17-9-15(3-4-18(17)27)32-23(35)20-19(24(20,28)29)12-5-13(25)8-14(26)6-12/h2-10,19-20H,1H2,(H,32,35)(H,33,34)/t19-,20+/m0/s1. The lowest BCUT2D eigenvalue weighted by Crippen LogP contribution is -2.18. The molecule has 3 aromatic rings. The zero-order valence-electron chi connectivity index (χ0n) is 17.6. The first-order valence-electron chi connectivity index (χ1n) is 10.0. The van der Waals surface area contributed by atoms with Crippen LogP contribution in [-0.2, 0) is 4.79 Å². The van der Waals surface area contributed by atoms with Gasteiger partial charge in [-0.15, -0.1) is 23.2 Å². The molecular weight excluding hydrogens is 559 g/mol. The van der Waals surface area contributed by atoms with Crippen LogP contribution in [-0.4, -0.2) is 21.1 Å². The van der Waals surface area contributed by atoms with Crippen LogP contribution in [0.25, 0.3) is 6.08 Å². The second-order valence-corrected chi connectivity index (χ2v) is 10.5. The number of halogens is 6. The van der Waals surface area contributed by atoms with Crippen LogP contribution >= 0.6 is 58.0 Å². The van der Waals surface area contributed by atoms with E-state index in [-0.39, 0.29) is 21.8 Å². The highest BCUT2D eigenvalue weighted by Gasteiger charge is 2.67. The Labute approximate surface area is 225 Å². The molecule has 0 bridgehead atoms. The predicted octanol–water partition coefficient (Wildman–Crippen LogP) is 7.60. The predicted molar refractivity (Wildman–Crippen MR) is 139 cm³/mol. The van der Waals surface area contributed by atoms with Crippen LogP contribution in [0.1, 0.15) is 27.4 Å². The maximum atomic E-state index is 13.6. The molecule has 0 radical (unpaired) electrons. The third-order valence-corrected chi connectivity index (χ3v) is 7.11. The first-order valence-corrected chi connectivity index (χ1v) is 11.9. The van der Waals surface area contributed by atoms with Crippen molar-refractivity contribution in [3.63, 3.8) is 0 Å². The van der Waals surface area contributed by atoms with Crippen LogP contribution in [0, 0.1) is 11.9 Å². The van der Waals surface area contributed by atoms with E-state index in [0.29, 0.717) is 21.3 Å². The Bertz CT molecular complexity index is 1340. The van der Waals surface area contributed by atoms with Crippen molar-refractivity contribution >= 4 is 87.3 Å². The zero-order chi connectivity index (χ0) is 25.5. The number of nitrogens with one attached hydrogen (secondary N) is 2. The highest BCUT2D eigenvalue weighted by atomic mass is 35.5. The van der Waals surface area contributed by atoms with Gasteiger partial charge < -0.3 is 10.6 Å². The monoisotopic (exact) mass is 571 g/mol. The Morgan fingerprint density at radius 3 is 2.34 bits per heavy atom. The number of anilines is 2. The largest absolute Gasteiger partial charge is 0.326 e. The van der Waals surface area contributed by atoms with E-state index in [4.69, 9.17) is 58.0 Å². The Hall–Kier alpha value is -2.35. The van der Waals surface area contributed by atoms with Gasteiger partial charge in [0.25, 0.3) is 5.91 Å². The Morgan fingerprint density at radius 1 is 1.00 bits per heavy atom. The number of carbonyl (C=O) groups excluding carboxylic acids is 2. The molecule has 180 valence electrons. The lowest BCUT2D eigenvalue weighted by atomic mass is 10.1. The SMILES string of the molecule is C=Cc1cc(NC(=O)c2cc(NC(=O)[C@H]3[C@H](c4cc(Cl)cc(Cl)c4)C3(Cl)Cl)ccc2Cl)cnc1F. The van der Waals surface area contributed by atoms with Gasteiger partial charge in [-0.2, -0.15) is 4.39 Å².